The van der Waals surface area contributed by atoms with E-state index in [1.807, 2.05) is 12.1 Å². The van der Waals surface area contributed by atoms with Gasteiger partial charge in [-0.3, -0.25) is 24.8 Å². The second kappa shape index (κ2) is 4.68. The van der Waals surface area contributed by atoms with E-state index >= 15 is 0 Å². The number of Topliss-reactive ketones (excluding diaryl/α,β-unsaturated/α-hetero) is 1. The van der Waals surface area contributed by atoms with Crippen molar-refractivity contribution in [1.29, 1.82) is 0 Å². The fourth-order valence-corrected chi connectivity index (χ4v) is 3.71. The van der Waals surface area contributed by atoms with Crippen molar-refractivity contribution in [3.63, 3.8) is 0 Å². The first-order valence-corrected chi connectivity index (χ1v) is 7.70. The molecule has 6 heteroatoms. The maximum absolute atomic E-state index is 12.8. The van der Waals surface area contributed by atoms with Crippen LogP contribution in [0.5, 0.6) is 0 Å². The highest BCUT2D eigenvalue weighted by atomic mass is 16.1. The second-order valence-electron chi connectivity index (χ2n) is 7.04. The van der Waals surface area contributed by atoms with Crippen LogP contribution >= 0.6 is 0 Å². The molecule has 0 unspecified atom stereocenters. The van der Waals surface area contributed by atoms with Crippen molar-refractivity contribution < 1.29 is 4.79 Å². The summed E-state index contributed by atoms with van der Waals surface area (Å²) >= 11 is 0. The smallest absolute Gasteiger partial charge is 0.270 e. The molecular weight excluding hydrogens is 292 g/mol. The summed E-state index contributed by atoms with van der Waals surface area (Å²) in [6.45, 7) is 4.18. The molecule has 0 bridgehead atoms. The lowest BCUT2D eigenvalue weighted by Crippen LogP contribution is -2.34. The molecule has 0 radical (unpaired) electrons. The Labute approximate surface area is 133 Å². The van der Waals surface area contributed by atoms with Gasteiger partial charge in [0.05, 0.1) is 5.56 Å². The number of aromatic nitrogens is 3. The molecule has 118 valence electrons. The van der Waals surface area contributed by atoms with Gasteiger partial charge >= 0.3 is 0 Å². The summed E-state index contributed by atoms with van der Waals surface area (Å²) < 4.78 is 0. The fourth-order valence-electron chi connectivity index (χ4n) is 3.71. The molecule has 2 aliphatic rings. The second-order valence-corrected chi connectivity index (χ2v) is 7.04. The third-order valence-corrected chi connectivity index (χ3v) is 4.63. The van der Waals surface area contributed by atoms with Crippen molar-refractivity contribution in [2.24, 2.45) is 5.41 Å². The van der Waals surface area contributed by atoms with Crippen LogP contribution in [0.25, 0.3) is 0 Å². The van der Waals surface area contributed by atoms with Crippen molar-refractivity contribution in [3.8, 4) is 0 Å². The van der Waals surface area contributed by atoms with E-state index in [-0.39, 0.29) is 22.7 Å². The van der Waals surface area contributed by atoms with Gasteiger partial charge in [-0.1, -0.05) is 13.8 Å². The van der Waals surface area contributed by atoms with Crippen LogP contribution < -0.4 is 10.9 Å². The number of aromatic amines is 2. The lowest BCUT2D eigenvalue weighted by molar-refractivity contribution is -0.118. The standard InChI is InChI=1S/C17H18N4O2/c1-17(2)7-10-13(11(22)8-17)12(9-3-5-18-6-4-9)14-15(19-10)20-21-16(14)23/h3-6,12H,7-8H2,1-2H3,(H3,19,20,21,23)/t12-/m0/s1. The molecule has 0 spiro atoms. The predicted molar refractivity (Wildman–Crippen MR) is 86.2 cm³/mol. The van der Waals surface area contributed by atoms with E-state index in [1.54, 1.807) is 12.4 Å². The molecule has 0 aromatic carbocycles. The average Bonchev–Trinajstić information content (AvgIpc) is 2.86. The zero-order valence-corrected chi connectivity index (χ0v) is 13.1. The Kier molecular flexibility index (Phi) is 2.85. The maximum Gasteiger partial charge on any atom is 0.270 e. The Hall–Kier alpha value is -2.63. The lowest BCUT2D eigenvalue weighted by Gasteiger charge is -2.37. The zero-order chi connectivity index (χ0) is 16.2. The van der Waals surface area contributed by atoms with E-state index in [9.17, 15) is 9.59 Å². The molecule has 2 aromatic rings. The van der Waals surface area contributed by atoms with Gasteiger partial charge in [0.25, 0.3) is 5.56 Å². The van der Waals surface area contributed by atoms with E-state index in [0.717, 1.165) is 17.7 Å². The maximum atomic E-state index is 12.8. The van der Waals surface area contributed by atoms with Crippen LogP contribution in [0.1, 0.15) is 43.7 Å². The first-order valence-electron chi connectivity index (χ1n) is 7.70. The minimum atomic E-state index is -0.345. The highest BCUT2D eigenvalue weighted by Gasteiger charge is 2.42. The highest BCUT2D eigenvalue weighted by molar-refractivity contribution is 6.01. The summed E-state index contributed by atoms with van der Waals surface area (Å²) in [7, 11) is 0. The van der Waals surface area contributed by atoms with E-state index in [0.29, 0.717) is 23.4 Å². The molecule has 2 aromatic heterocycles. The van der Waals surface area contributed by atoms with Gasteiger partial charge in [-0.2, -0.15) is 0 Å². The summed E-state index contributed by atoms with van der Waals surface area (Å²) in [5.74, 6) is 0.417. The number of carbonyl (C=O) groups excluding carboxylic acids is 1. The molecule has 1 aliphatic heterocycles. The Balaban J connectivity index is 1.96. The number of hydrogen-bond acceptors (Lipinski definition) is 4. The number of pyridine rings is 1. The van der Waals surface area contributed by atoms with Crippen molar-refractivity contribution in [1.82, 2.24) is 15.2 Å². The number of fused-ring (bicyclic) bond motifs is 1. The number of anilines is 1. The Bertz CT molecular complexity index is 873. The number of carbonyl (C=O) groups is 1. The summed E-state index contributed by atoms with van der Waals surface area (Å²) in [5, 5.41) is 8.78. The lowest BCUT2D eigenvalue weighted by atomic mass is 9.69. The van der Waals surface area contributed by atoms with Crippen LogP contribution in [0.3, 0.4) is 0 Å². The van der Waals surface area contributed by atoms with Gasteiger partial charge < -0.3 is 5.32 Å². The van der Waals surface area contributed by atoms with E-state index in [4.69, 9.17) is 0 Å². The number of ketones is 1. The minimum Gasteiger partial charge on any atom is -0.343 e. The topological polar surface area (TPSA) is 90.6 Å². The van der Waals surface area contributed by atoms with Crippen LogP contribution in [0, 0.1) is 5.41 Å². The monoisotopic (exact) mass is 310 g/mol. The number of nitrogens with zero attached hydrogens (tertiary/aromatic N) is 1. The fraction of sp³-hybridized carbons (Fsp3) is 0.353. The normalized spacial score (nSPS) is 22.3. The molecule has 0 saturated heterocycles. The molecule has 1 atom stereocenters. The molecule has 6 nitrogen and oxygen atoms in total. The van der Waals surface area contributed by atoms with Gasteiger partial charge in [0.1, 0.15) is 5.82 Å². The van der Waals surface area contributed by atoms with Crippen LogP contribution in [0.4, 0.5) is 5.82 Å². The minimum absolute atomic E-state index is 0.0835. The van der Waals surface area contributed by atoms with Crippen LogP contribution in [-0.2, 0) is 4.79 Å². The third kappa shape index (κ3) is 2.13. The summed E-state index contributed by atoms with van der Waals surface area (Å²) in [5.41, 5.74) is 2.83. The van der Waals surface area contributed by atoms with Crippen molar-refractivity contribution in [2.75, 3.05) is 5.32 Å². The molecule has 3 N–H and O–H groups in total. The number of allylic oxidation sites excluding steroid dienone is 2. The van der Waals surface area contributed by atoms with Gasteiger partial charge in [-0.25, -0.2) is 0 Å². The first-order chi connectivity index (χ1) is 11.0. The van der Waals surface area contributed by atoms with Crippen molar-refractivity contribution in [2.45, 2.75) is 32.6 Å². The van der Waals surface area contributed by atoms with E-state index in [2.05, 4.69) is 34.3 Å². The molecule has 0 amide bonds. The Morgan fingerprint density at radius 1 is 1.13 bits per heavy atom. The number of hydrogen-bond donors (Lipinski definition) is 3. The largest absolute Gasteiger partial charge is 0.343 e. The van der Waals surface area contributed by atoms with Crippen LogP contribution in [0.15, 0.2) is 40.6 Å². The average molecular weight is 310 g/mol. The quantitative estimate of drug-likeness (QED) is 0.754. The molecular formula is C17H18N4O2. The van der Waals surface area contributed by atoms with Gasteiger partial charge in [-0.05, 0) is 29.5 Å². The molecule has 3 heterocycles. The van der Waals surface area contributed by atoms with E-state index < -0.39 is 0 Å². The Morgan fingerprint density at radius 2 is 1.87 bits per heavy atom. The number of rotatable bonds is 1. The van der Waals surface area contributed by atoms with Crippen molar-refractivity contribution in [3.05, 3.63) is 57.3 Å². The predicted octanol–water partition coefficient (Wildman–Crippen LogP) is 2.30. The summed E-state index contributed by atoms with van der Waals surface area (Å²) in [6.07, 6.45) is 4.65. The zero-order valence-electron chi connectivity index (χ0n) is 13.1. The molecule has 4 rings (SSSR count). The van der Waals surface area contributed by atoms with Gasteiger partial charge in [-0.15, -0.1) is 0 Å². The Morgan fingerprint density at radius 3 is 2.61 bits per heavy atom. The van der Waals surface area contributed by atoms with Gasteiger partial charge in [0, 0.05) is 36.0 Å². The van der Waals surface area contributed by atoms with Crippen molar-refractivity contribution >= 4 is 11.6 Å². The molecule has 0 saturated carbocycles. The molecule has 1 aliphatic carbocycles. The summed E-state index contributed by atoms with van der Waals surface area (Å²) in [6, 6.07) is 3.73. The highest BCUT2D eigenvalue weighted by Crippen LogP contribution is 2.47. The van der Waals surface area contributed by atoms with Gasteiger partial charge in [0.2, 0.25) is 0 Å². The first kappa shape index (κ1) is 14.0. The molecule has 23 heavy (non-hydrogen) atoms. The van der Waals surface area contributed by atoms with Crippen LogP contribution in [0.2, 0.25) is 0 Å². The van der Waals surface area contributed by atoms with E-state index in [1.165, 1.54) is 0 Å². The number of H-pyrrole nitrogens is 2. The number of nitrogens with one attached hydrogen (secondary N) is 3. The SMILES string of the molecule is CC1(C)CC(=O)C2=C(C1)Nc1[nH][nH]c(=O)c1[C@H]2c1ccncc1. The summed E-state index contributed by atoms with van der Waals surface area (Å²) in [4.78, 5) is 29.2. The van der Waals surface area contributed by atoms with Crippen LogP contribution in [-0.4, -0.2) is 21.0 Å². The van der Waals surface area contributed by atoms with Gasteiger partial charge in [0.15, 0.2) is 5.78 Å². The third-order valence-electron chi connectivity index (χ3n) is 4.63. The molecule has 0 fully saturated rings.